The number of nitrogens with two attached hydrogens (primary N) is 1. The molecule has 0 radical (unpaired) electrons. The van der Waals surface area contributed by atoms with Gasteiger partial charge in [-0.2, -0.15) is 0 Å². The van der Waals surface area contributed by atoms with E-state index in [1.165, 1.54) is 9.08 Å². The first-order chi connectivity index (χ1) is 10.6. The van der Waals surface area contributed by atoms with E-state index < -0.39 is 0 Å². The molecule has 1 amide bonds. The second kappa shape index (κ2) is 5.92. The van der Waals surface area contributed by atoms with Gasteiger partial charge in [0.15, 0.2) is 5.65 Å². The number of nitrogens with zero attached hydrogens (tertiary/aromatic N) is 4. The monoisotopic (exact) mass is 303 g/mol. The second-order valence-electron chi connectivity index (χ2n) is 5.97. The minimum atomic E-state index is -0.287. The van der Waals surface area contributed by atoms with Crippen LogP contribution in [0.25, 0.3) is 5.65 Å². The van der Waals surface area contributed by atoms with Crippen LogP contribution in [0.2, 0.25) is 0 Å². The van der Waals surface area contributed by atoms with Gasteiger partial charge in [0.25, 0.3) is 0 Å². The lowest BCUT2D eigenvalue weighted by atomic mass is 9.92. The Kier molecular flexibility index (Phi) is 3.98. The van der Waals surface area contributed by atoms with Crippen LogP contribution in [0.4, 0.5) is 0 Å². The highest BCUT2D eigenvalue weighted by Crippen LogP contribution is 2.18. The Bertz CT molecular complexity index is 733. The van der Waals surface area contributed by atoms with Gasteiger partial charge in [0.2, 0.25) is 5.91 Å². The van der Waals surface area contributed by atoms with Crippen LogP contribution in [0, 0.1) is 5.92 Å². The maximum atomic E-state index is 12.4. The van der Waals surface area contributed by atoms with Crippen LogP contribution in [0.5, 0.6) is 0 Å². The molecule has 1 aliphatic heterocycles. The van der Waals surface area contributed by atoms with E-state index >= 15 is 0 Å². The number of carbonyl (C=O) groups excluding carboxylic acids is 1. The molecule has 0 saturated carbocycles. The fourth-order valence-electron chi connectivity index (χ4n) is 2.96. The summed E-state index contributed by atoms with van der Waals surface area (Å²) in [5.74, 6) is 0.256. The Labute approximate surface area is 128 Å². The van der Waals surface area contributed by atoms with Crippen molar-refractivity contribution < 1.29 is 4.79 Å². The Hall–Kier alpha value is -2.15. The summed E-state index contributed by atoms with van der Waals surface area (Å²) in [5.41, 5.74) is 6.21. The van der Waals surface area contributed by atoms with Gasteiger partial charge in [-0.05, 0) is 37.8 Å². The summed E-state index contributed by atoms with van der Waals surface area (Å²) in [4.78, 5) is 26.4. The summed E-state index contributed by atoms with van der Waals surface area (Å²) in [6.45, 7) is 3.35. The van der Waals surface area contributed by atoms with Crippen molar-refractivity contribution in [2.24, 2.45) is 11.7 Å². The van der Waals surface area contributed by atoms with Gasteiger partial charge in [0, 0.05) is 25.3 Å². The zero-order chi connectivity index (χ0) is 15.7. The summed E-state index contributed by atoms with van der Waals surface area (Å²) in [6.07, 6.45) is 3.66. The van der Waals surface area contributed by atoms with Crippen molar-refractivity contribution in [3.63, 3.8) is 0 Å². The first-order valence-electron chi connectivity index (χ1n) is 7.64. The van der Waals surface area contributed by atoms with Gasteiger partial charge in [0.1, 0.15) is 6.54 Å². The van der Waals surface area contributed by atoms with Crippen LogP contribution < -0.4 is 11.4 Å². The number of hydrogen-bond acceptors (Lipinski definition) is 4. The molecule has 0 spiro atoms. The number of piperidine rings is 1. The topological polar surface area (TPSA) is 85.6 Å². The van der Waals surface area contributed by atoms with E-state index in [0.29, 0.717) is 18.1 Å². The molecule has 1 fully saturated rings. The number of rotatable bonds is 3. The number of carbonyl (C=O) groups is 1. The maximum Gasteiger partial charge on any atom is 0.350 e. The molecular formula is C15H21N5O2. The third kappa shape index (κ3) is 2.76. The molecule has 1 saturated heterocycles. The van der Waals surface area contributed by atoms with E-state index in [1.807, 2.05) is 13.0 Å². The Morgan fingerprint density at radius 3 is 3.05 bits per heavy atom. The molecule has 3 heterocycles. The molecule has 118 valence electrons. The van der Waals surface area contributed by atoms with Crippen molar-refractivity contribution in [3.8, 4) is 0 Å². The van der Waals surface area contributed by atoms with Crippen LogP contribution in [-0.2, 0) is 11.3 Å². The third-order valence-electron chi connectivity index (χ3n) is 4.33. The fourth-order valence-corrected chi connectivity index (χ4v) is 2.96. The second-order valence-corrected chi connectivity index (χ2v) is 5.97. The highest BCUT2D eigenvalue weighted by Gasteiger charge is 2.26. The Balaban J connectivity index is 1.75. The average molecular weight is 303 g/mol. The Morgan fingerprint density at radius 2 is 2.32 bits per heavy atom. The van der Waals surface area contributed by atoms with Gasteiger partial charge in [-0.3, -0.25) is 9.20 Å². The van der Waals surface area contributed by atoms with E-state index in [4.69, 9.17) is 5.73 Å². The molecule has 22 heavy (non-hydrogen) atoms. The quantitative estimate of drug-likeness (QED) is 0.870. The summed E-state index contributed by atoms with van der Waals surface area (Å²) >= 11 is 0. The predicted octanol–water partition coefficient (Wildman–Crippen LogP) is 0.0818. The number of fused-ring (bicyclic) bond motifs is 1. The van der Waals surface area contributed by atoms with Gasteiger partial charge in [0.05, 0.1) is 0 Å². The standard InChI is InChI=1S/C15H21N5O2/c1-11(16)12-5-4-7-18(9-12)14(21)10-20-15(22)19-8-3-2-6-13(19)17-20/h2-3,6,8,11-12H,4-5,7,9-10,16H2,1H3. The first-order valence-corrected chi connectivity index (χ1v) is 7.64. The normalized spacial score (nSPS) is 20.3. The van der Waals surface area contributed by atoms with E-state index in [9.17, 15) is 9.59 Å². The summed E-state index contributed by atoms with van der Waals surface area (Å²) in [7, 11) is 0. The average Bonchev–Trinajstić information content (AvgIpc) is 2.84. The lowest BCUT2D eigenvalue weighted by Crippen LogP contribution is -2.46. The molecule has 2 atom stereocenters. The van der Waals surface area contributed by atoms with Gasteiger partial charge >= 0.3 is 5.69 Å². The summed E-state index contributed by atoms with van der Waals surface area (Å²) < 4.78 is 2.67. The number of amides is 1. The first kappa shape index (κ1) is 14.8. The molecule has 3 rings (SSSR count). The van der Waals surface area contributed by atoms with Gasteiger partial charge in [-0.1, -0.05) is 6.07 Å². The number of pyridine rings is 1. The lowest BCUT2D eigenvalue weighted by molar-refractivity contribution is -0.134. The Morgan fingerprint density at radius 1 is 1.50 bits per heavy atom. The fraction of sp³-hybridized carbons (Fsp3) is 0.533. The predicted molar refractivity (Wildman–Crippen MR) is 82.4 cm³/mol. The van der Waals surface area contributed by atoms with Crippen molar-refractivity contribution in [2.45, 2.75) is 32.4 Å². The van der Waals surface area contributed by atoms with Crippen LogP contribution in [0.15, 0.2) is 29.2 Å². The lowest BCUT2D eigenvalue weighted by Gasteiger charge is -2.34. The molecule has 0 aromatic carbocycles. The van der Waals surface area contributed by atoms with Crippen LogP contribution in [0.1, 0.15) is 19.8 Å². The minimum Gasteiger partial charge on any atom is -0.341 e. The SMILES string of the molecule is CC(N)C1CCCN(C(=O)Cn2nc3ccccn3c2=O)C1. The molecule has 2 N–H and O–H groups in total. The van der Waals surface area contributed by atoms with Crippen LogP contribution >= 0.6 is 0 Å². The number of aromatic nitrogens is 3. The molecule has 7 nitrogen and oxygen atoms in total. The molecule has 0 bridgehead atoms. The maximum absolute atomic E-state index is 12.4. The zero-order valence-corrected chi connectivity index (χ0v) is 12.7. The molecule has 0 aliphatic carbocycles. The van der Waals surface area contributed by atoms with Gasteiger partial charge in [-0.25, -0.2) is 9.48 Å². The van der Waals surface area contributed by atoms with Gasteiger partial charge in [-0.15, -0.1) is 5.10 Å². The van der Waals surface area contributed by atoms with Crippen molar-refractivity contribution in [2.75, 3.05) is 13.1 Å². The summed E-state index contributed by atoms with van der Waals surface area (Å²) in [5, 5.41) is 4.20. The zero-order valence-electron chi connectivity index (χ0n) is 12.7. The molecule has 2 aromatic rings. The minimum absolute atomic E-state index is 0.0216. The molecular weight excluding hydrogens is 282 g/mol. The number of hydrogen-bond donors (Lipinski definition) is 1. The van der Waals surface area contributed by atoms with E-state index in [-0.39, 0.29) is 24.2 Å². The molecule has 7 heteroatoms. The molecule has 2 unspecified atom stereocenters. The van der Waals surface area contributed by atoms with Crippen molar-refractivity contribution >= 4 is 11.6 Å². The highest BCUT2D eigenvalue weighted by atomic mass is 16.2. The van der Waals surface area contributed by atoms with E-state index in [1.54, 1.807) is 23.2 Å². The number of likely N-dealkylation sites (tertiary alicyclic amines) is 1. The van der Waals surface area contributed by atoms with Crippen molar-refractivity contribution in [1.29, 1.82) is 0 Å². The van der Waals surface area contributed by atoms with E-state index in [2.05, 4.69) is 5.10 Å². The third-order valence-corrected chi connectivity index (χ3v) is 4.33. The van der Waals surface area contributed by atoms with Gasteiger partial charge < -0.3 is 10.6 Å². The molecule has 2 aromatic heterocycles. The van der Waals surface area contributed by atoms with E-state index in [0.717, 1.165) is 19.4 Å². The van der Waals surface area contributed by atoms with Crippen molar-refractivity contribution in [1.82, 2.24) is 19.1 Å². The van der Waals surface area contributed by atoms with Crippen molar-refractivity contribution in [3.05, 3.63) is 34.9 Å². The highest BCUT2D eigenvalue weighted by molar-refractivity contribution is 5.76. The van der Waals surface area contributed by atoms with Crippen LogP contribution in [0.3, 0.4) is 0 Å². The smallest absolute Gasteiger partial charge is 0.341 e. The van der Waals surface area contributed by atoms with Crippen LogP contribution in [-0.4, -0.2) is 44.1 Å². The molecule has 1 aliphatic rings. The largest absolute Gasteiger partial charge is 0.350 e. The summed E-state index contributed by atoms with van der Waals surface area (Å²) in [6, 6.07) is 5.40.